The molecule has 0 bridgehead atoms. The highest BCUT2D eigenvalue weighted by molar-refractivity contribution is 5.81. The minimum absolute atomic E-state index is 0.350. The van der Waals surface area contributed by atoms with E-state index in [1.54, 1.807) is 7.11 Å². The summed E-state index contributed by atoms with van der Waals surface area (Å²) in [4.78, 5) is 13.6. The first kappa shape index (κ1) is 12.1. The average molecular weight is 233 g/mol. The summed E-state index contributed by atoms with van der Waals surface area (Å²) < 4.78 is 5.36. The van der Waals surface area contributed by atoms with Gasteiger partial charge in [0.15, 0.2) is 0 Å². The number of hydrogen-bond acceptors (Lipinski definition) is 3. The number of Topliss-reactive ketones (excluding diaryl/α,β-unsaturated/α-hetero) is 1. The number of methoxy groups -OCH3 is 1. The van der Waals surface area contributed by atoms with Crippen LogP contribution < -0.4 is 4.74 Å². The molecule has 0 aliphatic carbocycles. The Morgan fingerprint density at radius 2 is 2.24 bits per heavy atom. The van der Waals surface area contributed by atoms with Crippen LogP contribution in [0.3, 0.4) is 0 Å². The third kappa shape index (κ3) is 3.07. The Hall–Kier alpha value is -1.35. The number of carbonyl (C=O) groups excluding carboxylic acids is 1. The van der Waals surface area contributed by atoms with Crippen molar-refractivity contribution in [2.75, 3.05) is 20.2 Å². The molecule has 0 saturated carbocycles. The van der Waals surface area contributed by atoms with E-state index in [4.69, 9.17) is 4.74 Å². The van der Waals surface area contributed by atoms with E-state index in [0.717, 1.165) is 31.7 Å². The van der Waals surface area contributed by atoms with E-state index in [9.17, 15) is 4.79 Å². The molecule has 3 heteroatoms. The van der Waals surface area contributed by atoms with Crippen molar-refractivity contribution in [1.29, 1.82) is 0 Å². The van der Waals surface area contributed by atoms with Crippen LogP contribution in [0.4, 0.5) is 0 Å². The SMILES string of the molecule is COc1ccc(C)cc1CN1CCCC(=O)C1. The van der Waals surface area contributed by atoms with E-state index in [1.165, 1.54) is 11.1 Å². The number of benzene rings is 1. The maximum Gasteiger partial charge on any atom is 0.146 e. The van der Waals surface area contributed by atoms with Crippen molar-refractivity contribution in [3.63, 3.8) is 0 Å². The molecule has 0 atom stereocenters. The molecular weight excluding hydrogens is 214 g/mol. The lowest BCUT2D eigenvalue weighted by molar-refractivity contribution is -0.122. The molecule has 2 rings (SSSR count). The zero-order valence-electron chi connectivity index (χ0n) is 10.5. The predicted molar refractivity (Wildman–Crippen MR) is 67.2 cm³/mol. The van der Waals surface area contributed by atoms with Crippen LogP contribution in [0.1, 0.15) is 24.0 Å². The molecule has 1 aliphatic heterocycles. The van der Waals surface area contributed by atoms with Gasteiger partial charge in [-0.1, -0.05) is 17.7 Å². The van der Waals surface area contributed by atoms with Gasteiger partial charge < -0.3 is 4.74 Å². The van der Waals surface area contributed by atoms with Gasteiger partial charge in [-0.2, -0.15) is 0 Å². The molecule has 92 valence electrons. The van der Waals surface area contributed by atoms with Crippen LogP contribution >= 0.6 is 0 Å². The zero-order valence-corrected chi connectivity index (χ0v) is 10.5. The first-order valence-electron chi connectivity index (χ1n) is 6.06. The van der Waals surface area contributed by atoms with Crippen LogP contribution in [0, 0.1) is 6.92 Å². The molecule has 0 aromatic heterocycles. The number of aryl methyl sites for hydroxylation is 1. The largest absolute Gasteiger partial charge is 0.496 e. The Morgan fingerprint density at radius 1 is 1.41 bits per heavy atom. The van der Waals surface area contributed by atoms with E-state index >= 15 is 0 Å². The Balaban J connectivity index is 2.11. The molecule has 1 heterocycles. The minimum atomic E-state index is 0.350. The van der Waals surface area contributed by atoms with Crippen molar-refractivity contribution in [1.82, 2.24) is 4.90 Å². The Morgan fingerprint density at radius 3 is 2.94 bits per heavy atom. The molecular formula is C14H19NO2. The number of hydrogen-bond donors (Lipinski definition) is 0. The number of piperidine rings is 1. The van der Waals surface area contributed by atoms with Gasteiger partial charge in [0.2, 0.25) is 0 Å². The van der Waals surface area contributed by atoms with Gasteiger partial charge in [-0.25, -0.2) is 0 Å². The monoisotopic (exact) mass is 233 g/mol. The fourth-order valence-electron chi connectivity index (χ4n) is 2.31. The first-order valence-corrected chi connectivity index (χ1v) is 6.06. The maximum atomic E-state index is 11.4. The predicted octanol–water partition coefficient (Wildman–Crippen LogP) is 2.17. The van der Waals surface area contributed by atoms with Gasteiger partial charge in [-0.05, 0) is 26.0 Å². The topological polar surface area (TPSA) is 29.5 Å². The van der Waals surface area contributed by atoms with Gasteiger partial charge in [0.05, 0.1) is 13.7 Å². The van der Waals surface area contributed by atoms with E-state index in [-0.39, 0.29) is 0 Å². The highest BCUT2D eigenvalue weighted by Gasteiger charge is 2.18. The molecule has 1 aliphatic rings. The lowest BCUT2D eigenvalue weighted by Gasteiger charge is -2.26. The van der Waals surface area contributed by atoms with Gasteiger partial charge >= 0.3 is 0 Å². The number of likely N-dealkylation sites (tertiary alicyclic amines) is 1. The van der Waals surface area contributed by atoms with Crippen molar-refractivity contribution in [3.05, 3.63) is 29.3 Å². The summed E-state index contributed by atoms with van der Waals surface area (Å²) in [5.74, 6) is 1.26. The third-order valence-corrected chi connectivity index (χ3v) is 3.16. The van der Waals surface area contributed by atoms with Crippen LogP contribution in [0.5, 0.6) is 5.75 Å². The second-order valence-corrected chi connectivity index (χ2v) is 4.67. The quantitative estimate of drug-likeness (QED) is 0.801. The molecule has 0 spiro atoms. The summed E-state index contributed by atoms with van der Waals surface area (Å²) in [5, 5.41) is 0. The van der Waals surface area contributed by atoms with Crippen LogP contribution in [0.15, 0.2) is 18.2 Å². The van der Waals surface area contributed by atoms with Crippen LogP contribution in [0.25, 0.3) is 0 Å². The van der Waals surface area contributed by atoms with Crippen molar-refractivity contribution in [2.24, 2.45) is 0 Å². The van der Waals surface area contributed by atoms with Crippen LogP contribution in [-0.4, -0.2) is 30.9 Å². The average Bonchev–Trinajstić information content (AvgIpc) is 2.29. The van der Waals surface area contributed by atoms with Gasteiger partial charge in [0, 0.05) is 18.5 Å². The maximum absolute atomic E-state index is 11.4. The molecule has 17 heavy (non-hydrogen) atoms. The first-order chi connectivity index (χ1) is 8.19. The normalized spacial score (nSPS) is 17.2. The summed E-state index contributed by atoms with van der Waals surface area (Å²) in [6, 6.07) is 6.18. The van der Waals surface area contributed by atoms with Gasteiger partial charge in [-0.15, -0.1) is 0 Å². The fraction of sp³-hybridized carbons (Fsp3) is 0.500. The number of ether oxygens (including phenoxy) is 1. The lowest BCUT2D eigenvalue weighted by atomic mass is 10.1. The Kier molecular flexibility index (Phi) is 3.79. The minimum Gasteiger partial charge on any atom is -0.496 e. The van der Waals surface area contributed by atoms with Crippen molar-refractivity contribution < 1.29 is 9.53 Å². The third-order valence-electron chi connectivity index (χ3n) is 3.16. The molecule has 0 radical (unpaired) electrons. The van der Waals surface area contributed by atoms with Gasteiger partial charge in [0.1, 0.15) is 11.5 Å². The molecule has 0 N–H and O–H groups in total. The van der Waals surface area contributed by atoms with E-state index in [2.05, 4.69) is 17.9 Å². The number of carbonyl (C=O) groups is 1. The van der Waals surface area contributed by atoms with Gasteiger partial charge in [-0.3, -0.25) is 9.69 Å². The summed E-state index contributed by atoms with van der Waals surface area (Å²) in [6.07, 6.45) is 1.72. The smallest absolute Gasteiger partial charge is 0.146 e. The molecule has 0 amide bonds. The second-order valence-electron chi connectivity index (χ2n) is 4.67. The van der Waals surface area contributed by atoms with E-state index < -0.39 is 0 Å². The fourth-order valence-corrected chi connectivity index (χ4v) is 2.31. The zero-order chi connectivity index (χ0) is 12.3. The summed E-state index contributed by atoms with van der Waals surface area (Å²) in [7, 11) is 1.69. The summed E-state index contributed by atoms with van der Waals surface area (Å²) in [6.45, 7) is 4.46. The summed E-state index contributed by atoms with van der Waals surface area (Å²) >= 11 is 0. The summed E-state index contributed by atoms with van der Waals surface area (Å²) in [5.41, 5.74) is 2.39. The molecule has 1 fully saturated rings. The highest BCUT2D eigenvalue weighted by atomic mass is 16.5. The second kappa shape index (κ2) is 5.32. The van der Waals surface area contributed by atoms with Crippen LogP contribution in [-0.2, 0) is 11.3 Å². The molecule has 1 saturated heterocycles. The van der Waals surface area contributed by atoms with E-state index in [1.807, 2.05) is 12.1 Å². The van der Waals surface area contributed by atoms with Crippen molar-refractivity contribution in [2.45, 2.75) is 26.3 Å². The number of rotatable bonds is 3. The van der Waals surface area contributed by atoms with Crippen LogP contribution in [0.2, 0.25) is 0 Å². The Labute approximate surface area is 102 Å². The van der Waals surface area contributed by atoms with Crippen molar-refractivity contribution in [3.8, 4) is 5.75 Å². The van der Waals surface area contributed by atoms with E-state index in [0.29, 0.717) is 12.3 Å². The van der Waals surface area contributed by atoms with Gasteiger partial charge in [0.25, 0.3) is 0 Å². The molecule has 1 aromatic carbocycles. The molecule has 3 nitrogen and oxygen atoms in total. The molecule has 0 unspecified atom stereocenters. The standard InChI is InChI=1S/C14H19NO2/c1-11-5-6-14(17-2)12(8-11)9-15-7-3-4-13(16)10-15/h5-6,8H,3-4,7,9-10H2,1-2H3. The van der Waals surface area contributed by atoms with Crippen molar-refractivity contribution >= 4 is 5.78 Å². The number of nitrogens with zero attached hydrogens (tertiary/aromatic N) is 1. The lowest BCUT2D eigenvalue weighted by Crippen LogP contribution is -2.35. The highest BCUT2D eigenvalue weighted by Crippen LogP contribution is 2.22. The Bertz CT molecular complexity index is 415. The number of ketones is 1. The molecule has 1 aromatic rings.